The van der Waals surface area contributed by atoms with Crippen molar-refractivity contribution < 1.29 is 23.5 Å². The number of benzene rings is 2. The Hall–Kier alpha value is -4.00. The monoisotopic (exact) mass is 420 g/mol. The summed E-state index contributed by atoms with van der Waals surface area (Å²) in [7, 11) is 3.00. The van der Waals surface area contributed by atoms with Crippen LogP contribution < -0.4 is 20.1 Å². The molecule has 7 heteroatoms. The lowest BCUT2D eigenvalue weighted by Gasteiger charge is -2.12. The number of amides is 2. The summed E-state index contributed by atoms with van der Waals surface area (Å²) in [6.45, 7) is 2.32. The fraction of sp³-hybridized carbons (Fsp3) is 0.167. The molecule has 0 aliphatic rings. The number of methoxy groups -OCH3 is 2. The number of carbonyl (C=O) groups is 2. The van der Waals surface area contributed by atoms with Crippen LogP contribution >= 0.6 is 0 Å². The summed E-state index contributed by atoms with van der Waals surface area (Å²) in [5.74, 6) is 0.444. The lowest BCUT2D eigenvalue weighted by molar-refractivity contribution is -0.117. The van der Waals surface area contributed by atoms with Crippen molar-refractivity contribution in [3.8, 4) is 11.5 Å². The molecule has 1 heterocycles. The van der Waals surface area contributed by atoms with E-state index in [1.165, 1.54) is 26.6 Å². The maximum Gasteiger partial charge on any atom is 0.268 e. The van der Waals surface area contributed by atoms with Gasteiger partial charge >= 0.3 is 0 Å². The van der Waals surface area contributed by atoms with Crippen LogP contribution in [0.15, 0.2) is 71.0 Å². The average molecular weight is 420 g/mol. The Balaban J connectivity index is 1.78. The molecule has 1 aromatic heterocycles. The van der Waals surface area contributed by atoms with E-state index < -0.39 is 11.8 Å². The first-order chi connectivity index (χ1) is 15.0. The Morgan fingerprint density at radius 1 is 1.00 bits per heavy atom. The zero-order valence-electron chi connectivity index (χ0n) is 17.6. The molecule has 2 N–H and O–H groups in total. The number of hydrogen-bond donors (Lipinski definition) is 2. The highest BCUT2D eigenvalue weighted by molar-refractivity contribution is 6.05. The molecule has 0 saturated heterocycles. The predicted molar refractivity (Wildman–Crippen MR) is 117 cm³/mol. The number of hydrogen-bond acceptors (Lipinski definition) is 5. The Morgan fingerprint density at radius 3 is 2.39 bits per heavy atom. The van der Waals surface area contributed by atoms with Gasteiger partial charge in [0.25, 0.3) is 11.8 Å². The standard InChI is InChI=1S/C24H24N2O5/c1-16-6-8-17(9-7-16)15-25-24(28)20(14-19-5-4-12-31-19)26-23(27)18-10-11-21(29-2)22(13-18)30-3/h4-14H,15H2,1-3H3,(H,25,28)(H,26,27)/b20-14-. The molecule has 7 nitrogen and oxygen atoms in total. The lowest BCUT2D eigenvalue weighted by Crippen LogP contribution is -2.34. The van der Waals surface area contributed by atoms with Gasteiger partial charge < -0.3 is 24.5 Å². The summed E-state index contributed by atoms with van der Waals surface area (Å²) in [6.07, 6.45) is 2.97. The SMILES string of the molecule is COc1ccc(C(=O)N/C(=C\c2ccco2)C(=O)NCc2ccc(C)cc2)cc1OC. The minimum absolute atomic E-state index is 0.0573. The molecule has 2 aromatic carbocycles. The number of furan rings is 1. The van der Waals surface area contributed by atoms with Crippen LogP contribution in [-0.4, -0.2) is 26.0 Å². The maximum atomic E-state index is 12.8. The maximum absolute atomic E-state index is 12.8. The third-order valence-corrected chi connectivity index (χ3v) is 4.54. The van der Waals surface area contributed by atoms with Crippen LogP contribution in [0.4, 0.5) is 0 Å². The molecule has 0 aliphatic heterocycles. The molecule has 0 spiro atoms. The van der Waals surface area contributed by atoms with Crippen molar-refractivity contribution in [3.05, 3.63) is 89.0 Å². The first kappa shape index (κ1) is 21.7. The second-order valence-electron chi connectivity index (χ2n) is 6.77. The summed E-state index contributed by atoms with van der Waals surface area (Å²) in [5, 5.41) is 5.48. The Morgan fingerprint density at radius 2 is 1.74 bits per heavy atom. The summed E-state index contributed by atoms with van der Waals surface area (Å²) >= 11 is 0. The predicted octanol–water partition coefficient (Wildman–Crippen LogP) is 3.69. The molecular weight excluding hydrogens is 396 g/mol. The van der Waals surface area contributed by atoms with Crippen molar-refractivity contribution in [3.63, 3.8) is 0 Å². The average Bonchev–Trinajstić information content (AvgIpc) is 3.30. The highest BCUT2D eigenvalue weighted by Crippen LogP contribution is 2.27. The lowest BCUT2D eigenvalue weighted by atomic mass is 10.1. The van der Waals surface area contributed by atoms with Crippen molar-refractivity contribution in [2.24, 2.45) is 0 Å². The number of rotatable bonds is 8. The van der Waals surface area contributed by atoms with Crippen molar-refractivity contribution in [2.75, 3.05) is 14.2 Å². The van der Waals surface area contributed by atoms with Crippen molar-refractivity contribution >= 4 is 17.9 Å². The van der Waals surface area contributed by atoms with Crippen LogP contribution in [0.2, 0.25) is 0 Å². The van der Waals surface area contributed by atoms with Crippen molar-refractivity contribution in [1.82, 2.24) is 10.6 Å². The van der Waals surface area contributed by atoms with E-state index in [4.69, 9.17) is 13.9 Å². The first-order valence-corrected chi connectivity index (χ1v) is 9.62. The zero-order valence-corrected chi connectivity index (χ0v) is 17.6. The second kappa shape index (κ2) is 10.2. The van der Waals surface area contributed by atoms with Crippen LogP contribution in [0.5, 0.6) is 11.5 Å². The molecule has 3 aromatic rings. The van der Waals surface area contributed by atoms with E-state index in [9.17, 15) is 9.59 Å². The van der Waals surface area contributed by atoms with Crippen LogP contribution in [0, 0.1) is 6.92 Å². The molecule has 0 unspecified atom stereocenters. The van der Waals surface area contributed by atoms with Gasteiger partial charge in [-0.1, -0.05) is 29.8 Å². The fourth-order valence-corrected chi connectivity index (χ4v) is 2.83. The quantitative estimate of drug-likeness (QED) is 0.543. The van der Waals surface area contributed by atoms with Crippen LogP contribution in [-0.2, 0) is 11.3 Å². The highest BCUT2D eigenvalue weighted by atomic mass is 16.5. The van der Waals surface area contributed by atoms with Gasteiger partial charge in [-0.05, 0) is 42.8 Å². The largest absolute Gasteiger partial charge is 0.493 e. The van der Waals surface area contributed by atoms with E-state index in [0.29, 0.717) is 29.4 Å². The topological polar surface area (TPSA) is 89.8 Å². The molecule has 31 heavy (non-hydrogen) atoms. The Kier molecular flexibility index (Phi) is 7.11. The van der Waals surface area contributed by atoms with Gasteiger partial charge in [0.15, 0.2) is 11.5 Å². The molecular formula is C24H24N2O5. The fourth-order valence-electron chi connectivity index (χ4n) is 2.83. The number of carbonyl (C=O) groups excluding carboxylic acids is 2. The van der Waals surface area contributed by atoms with Crippen molar-refractivity contribution in [2.45, 2.75) is 13.5 Å². The molecule has 0 saturated carbocycles. The molecule has 2 amide bonds. The van der Waals surface area contributed by atoms with Gasteiger partial charge in [-0.25, -0.2) is 0 Å². The van der Waals surface area contributed by atoms with E-state index in [0.717, 1.165) is 11.1 Å². The van der Waals surface area contributed by atoms with E-state index in [2.05, 4.69) is 10.6 Å². The normalized spacial score (nSPS) is 11.0. The third-order valence-electron chi connectivity index (χ3n) is 4.54. The van der Waals surface area contributed by atoms with Gasteiger partial charge in [0, 0.05) is 18.2 Å². The van der Waals surface area contributed by atoms with Crippen LogP contribution in [0.1, 0.15) is 27.2 Å². The van der Waals surface area contributed by atoms with Gasteiger partial charge in [-0.3, -0.25) is 9.59 Å². The molecule has 0 aliphatic carbocycles. The number of ether oxygens (including phenoxy) is 2. The number of aryl methyl sites for hydroxylation is 1. The van der Waals surface area contributed by atoms with E-state index in [1.54, 1.807) is 30.3 Å². The molecule has 3 rings (SSSR count). The van der Waals surface area contributed by atoms with Gasteiger partial charge in [-0.15, -0.1) is 0 Å². The Labute approximate surface area is 180 Å². The summed E-state index contributed by atoms with van der Waals surface area (Å²) in [6, 6.07) is 16.0. The highest BCUT2D eigenvalue weighted by Gasteiger charge is 2.17. The molecule has 0 radical (unpaired) electrons. The molecule has 0 fully saturated rings. The third kappa shape index (κ3) is 5.76. The second-order valence-corrected chi connectivity index (χ2v) is 6.77. The molecule has 0 bridgehead atoms. The summed E-state index contributed by atoms with van der Waals surface area (Å²) < 4.78 is 15.7. The van der Waals surface area contributed by atoms with Crippen LogP contribution in [0.25, 0.3) is 6.08 Å². The van der Waals surface area contributed by atoms with Crippen LogP contribution in [0.3, 0.4) is 0 Å². The molecule has 0 atom stereocenters. The van der Waals surface area contributed by atoms with Crippen molar-refractivity contribution in [1.29, 1.82) is 0 Å². The first-order valence-electron chi connectivity index (χ1n) is 9.62. The minimum Gasteiger partial charge on any atom is -0.493 e. The van der Waals surface area contributed by atoms with Gasteiger partial charge in [-0.2, -0.15) is 0 Å². The number of nitrogens with one attached hydrogen (secondary N) is 2. The van der Waals surface area contributed by atoms with Gasteiger partial charge in [0.05, 0.1) is 20.5 Å². The van der Waals surface area contributed by atoms with E-state index in [-0.39, 0.29) is 5.70 Å². The van der Waals surface area contributed by atoms with Gasteiger partial charge in [0.2, 0.25) is 0 Å². The summed E-state index contributed by atoms with van der Waals surface area (Å²) in [4.78, 5) is 25.6. The van der Waals surface area contributed by atoms with E-state index >= 15 is 0 Å². The molecule has 160 valence electrons. The minimum atomic E-state index is -0.468. The van der Waals surface area contributed by atoms with Gasteiger partial charge in [0.1, 0.15) is 11.5 Å². The smallest absolute Gasteiger partial charge is 0.268 e. The summed E-state index contributed by atoms with van der Waals surface area (Å²) in [5.41, 5.74) is 2.45. The Bertz CT molecular complexity index is 1070. The zero-order chi connectivity index (χ0) is 22.2. The van der Waals surface area contributed by atoms with E-state index in [1.807, 2.05) is 31.2 Å².